The van der Waals surface area contributed by atoms with Crippen LogP contribution in [0.15, 0.2) is 30.3 Å². The minimum atomic E-state index is -0.0454. The molecule has 20 heavy (non-hydrogen) atoms. The maximum atomic E-state index is 5.87. The lowest BCUT2D eigenvalue weighted by atomic mass is 10.1. The first-order chi connectivity index (χ1) is 9.44. The van der Waals surface area contributed by atoms with E-state index in [1.54, 1.807) is 0 Å². The van der Waals surface area contributed by atoms with E-state index >= 15 is 0 Å². The fourth-order valence-corrected chi connectivity index (χ4v) is 1.84. The standard InChI is InChI=1S/C16H23N3O/c1-16(2,19(3)4)11-20-15-9-12(10-17)13-7-5-6-8-14(13)18-15/h5-9H,10-11,17H2,1-4H3. The number of para-hydroxylation sites is 1. The molecule has 0 bridgehead atoms. The highest BCUT2D eigenvalue weighted by atomic mass is 16.5. The van der Waals surface area contributed by atoms with Crippen molar-refractivity contribution < 1.29 is 4.74 Å². The topological polar surface area (TPSA) is 51.4 Å². The Morgan fingerprint density at radius 1 is 1.25 bits per heavy atom. The third-order valence-electron chi connectivity index (χ3n) is 3.78. The number of fused-ring (bicyclic) bond motifs is 1. The van der Waals surface area contributed by atoms with Gasteiger partial charge in [-0.1, -0.05) is 18.2 Å². The molecule has 0 fully saturated rings. The van der Waals surface area contributed by atoms with Crippen LogP contribution < -0.4 is 10.5 Å². The van der Waals surface area contributed by atoms with Crippen molar-refractivity contribution in [2.45, 2.75) is 25.9 Å². The van der Waals surface area contributed by atoms with Crippen LogP contribution in [0.1, 0.15) is 19.4 Å². The molecule has 0 atom stereocenters. The fraction of sp³-hybridized carbons (Fsp3) is 0.438. The summed E-state index contributed by atoms with van der Waals surface area (Å²) in [6.07, 6.45) is 0. The van der Waals surface area contributed by atoms with E-state index < -0.39 is 0 Å². The molecule has 0 saturated carbocycles. The van der Waals surface area contributed by atoms with Crippen LogP contribution in [0.5, 0.6) is 5.88 Å². The van der Waals surface area contributed by atoms with Crippen molar-refractivity contribution in [3.8, 4) is 5.88 Å². The van der Waals surface area contributed by atoms with Gasteiger partial charge in [0.15, 0.2) is 0 Å². The van der Waals surface area contributed by atoms with E-state index in [1.807, 2.05) is 44.4 Å². The SMILES string of the molecule is CN(C)C(C)(C)COc1cc(CN)c2ccccc2n1. The summed E-state index contributed by atoms with van der Waals surface area (Å²) in [4.78, 5) is 6.69. The smallest absolute Gasteiger partial charge is 0.214 e. The summed E-state index contributed by atoms with van der Waals surface area (Å²) in [5.74, 6) is 0.638. The van der Waals surface area contributed by atoms with E-state index in [0.717, 1.165) is 16.5 Å². The van der Waals surface area contributed by atoms with Gasteiger partial charge in [0, 0.05) is 23.5 Å². The molecule has 4 nitrogen and oxygen atoms in total. The maximum absolute atomic E-state index is 5.87. The van der Waals surface area contributed by atoms with Gasteiger partial charge in [-0.2, -0.15) is 0 Å². The van der Waals surface area contributed by atoms with E-state index in [0.29, 0.717) is 19.0 Å². The number of benzene rings is 1. The van der Waals surface area contributed by atoms with Crippen LogP contribution in [0.3, 0.4) is 0 Å². The molecular formula is C16H23N3O. The average molecular weight is 273 g/mol. The summed E-state index contributed by atoms with van der Waals surface area (Å²) < 4.78 is 5.87. The highest BCUT2D eigenvalue weighted by Gasteiger charge is 2.21. The molecule has 2 rings (SSSR count). The van der Waals surface area contributed by atoms with E-state index in [-0.39, 0.29) is 5.54 Å². The quantitative estimate of drug-likeness (QED) is 0.909. The summed E-state index contributed by atoms with van der Waals surface area (Å²) in [7, 11) is 4.09. The lowest BCUT2D eigenvalue weighted by molar-refractivity contribution is 0.111. The molecular weight excluding hydrogens is 250 g/mol. The molecule has 1 heterocycles. The third kappa shape index (κ3) is 3.08. The van der Waals surface area contributed by atoms with Gasteiger partial charge in [-0.25, -0.2) is 4.98 Å². The Balaban J connectivity index is 2.27. The van der Waals surface area contributed by atoms with Crippen LogP contribution in [0.4, 0.5) is 0 Å². The first-order valence-electron chi connectivity index (χ1n) is 6.83. The van der Waals surface area contributed by atoms with Gasteiger partial charge >= 0.3 is 0 Å². The number of likely N-dealkylation sites (N-methyl/N-ethyl adjacent to an activating group) is 1. The van der Waals surface area contributed by atoms with Crippen molar-refractivity contribution >= 4 is 10.9 Å². The molecule has 0 aliphatic rings. The molecule has 1 aromatic heterocycles. The zero-order chi connectivity index (χ0) is 14.8. The van der Waals surface area contributed by atoms with Gasteiger partial charge in [-0.3, -0.25) is 0 Å². The van der Waals surface area contributed by atoms with Gasteiger partial charge in [-0.15, -0.1) is 0 Å². The molecule has 0 amide bonds. The van der Waals surface area contributed by atoms with E-state index in [1.165, 1.54) is 0 Å². The Morgan fingerprint density at radius 2 is 1.95 bits per heavy atom. The molecule has 108 valence electrons. The molecule has 2 N–H and O–H groups in total. The highest BCUT2D eigenvalue weighted by molar-refractivity contribution is 5.82. The highest BCUT2D eigenvalue weighted by Crippen LogP contribution is 2.22. The van der Waals surface area contributed by atoms with Gasteiger partial charge in [0.1, 0.15) is 6.61 Å². The second-order valence-electron chi connectivity index (χ2n) is 5.84. The Hall–Kier alpha value is -1.65. The molecule has 0 unspecified atom stereocenters. The van der Waals surface area contributed by atoms with Crippen molar-refractivity contribution in [2.75, 3.05) is 20.7 Å². The van der Waals surface area contributed by atoms with Gasteiger partial charge in [0.2, 0.25) is 5.88 Å². The van der Waals surface area contributed by atoms with Crippen molar-refractivity contribution in [2.24, 2.45) is 5.73 Å². The van der Waals surface area contributed by atoms with E-state index in [9.17, 15) is 0 Å². The van der Waals surface area contributed by atoms with E-state index in [4.69, 9.17) is 10.5 Å². The first-order valence-corrected chi connectivity index (χ1v) is 6.83. The van der Waals surface area contributed by atoms with Gasteiger partial charge < -0.3 is 15.4 Å². The molecule has 0 aliphatic heterocycles. The normalized spacial score (nSPS) is 12.1. The fourth-order valence-electron chi connectivity index (χ4n) is 1.84. The Kier molecular flexibility index (Phi) is 4.26. The number of hydrogen-bond donors (Lipinski definition) is 1. The number of hydrogen-bond acceptors (Lipinski definition) is 4. The van der Waals surface area contributed by atoms with Gasteiger partial charge in [0.05, 0.1) is 5.52 Å². The number of ether oxygens (including phenoxy) is 1. The zero-order valence-corrected chi connectivity index (χ0v) is 12.7. The van der Waals surface area contributed by atoms with Crippen LogP contribution in [-0.4, -0.2) is 36.1 Å². The molecule has 0 radical (unpaired) electrons. The van der Waals surface area contributed by atoms with Crippen molar-refractivity contribution in [1.82, 2.24) is 9.88 Å². The molecule has 0 spiro atoms. The van der Waals surface area contributed by atoms with E-state index in [2.05, 4.69) is 23.7 Å². The molecule has 0 saturated heterocycles. The summed E-state index contributed by atoms with van der Waals surface area (Å²) in [6.45, 7) is 5.33. The Bertz CT molecular complexity index is 593. The largest absolute Gasteiger partial charge is 0.476 e. The third-order valence-corrected chi connectivity index (χ3v) is 3.78. The predicted molar refractivity (Wildman–Crippen MR) is 82.9 cm³/mol. The number of pyridine rings is 1. The molecule has 1 aromatic carbocycles. The second-order valence-corrected chi connectivity index (χ2v) is 5.84. The van der Waals surface area contributed by atoms with Crippen molar-refractivity contribution in [1.29, 1.82) is 0 Å². The van der Waals surface area contributed by atoms with Crippen LogP contribution in [-0.2, 0) is 6.54 Å². The number of aromatic nitrogens is 1. The maximum Gasteiger partial charge on any atom is 0.214 e. The zero-order valence-electron chi connectivity index (χ0n) is 12.7. The minimum absolute atomic E-state index is 0.0454. The number of nitrogens with two attached hydrogens (primary N) is 1. The van der Waals surface area contributed by atoms with Crippen LogP contribution in [0.2, 0.25) is 0 Å². The molecule has 0 aliphatic carbocycles. The van der Waals surface area contributed by atoms with Crippen LogP contribution in [0.25, 0.3) is 10.9 Å². The minimum Gasteiger partial charge on any atom is -0.476 e. The molecule has 4 heteroatoms. The lowest BCUT2D eigenvalue weighted by Gasteiger charge is -2.32. The monoisotopic (exact) mass is 273 g/mol. The Labute approximate surface area is 120 Å². The van der Waals surface area contributed by atoms with Crippen molar-refractivity contribution in [3.63, 3.8) is 0 Å². The second kappa shape index (κ2) is 5.77. The average Bonchev–Trinajstić information content (AvgIpc) is 2.44. The van der Waals surface area contributed by atoms with Gasteiger partial charge in [-0.05, 0) is 39.6 Å². The summed E-state index contributed by atoms with van der Waals surface area (Å²) in [6, 6.07) is 9.94. The lowest BCUT2D eigenvalue weighted by Crippen LogP contribution is -2.43. The molecule has 2 aromatic rings. The van der Waals surface area contributed by atoms with Crippen LogP contribution >= 0.6 is 0 Å². The van der Waals surface area contributed by atoms with Crippen molar-refractivity contribution in [3.05, 3.63) is 35.9 Å². The Morgan fingerprint density at radius 3 is 2.60 bits per heavy atom. The van der Waals surface area contributed by atoms with Crippen LogP contribution in [0, 0.1) is 0 Å². The first kappa shape index (κ1) is 14.8. The predicted octanol–water partition coefficient (Wildman–Crippen LogP) is 2.41. The summed E-state index contributed by atoms with van der Waals surface area (Å²) >= 11 is 0. The summed E-state index contributed by atoms with van der Waals surface area (Å²) in [5, 5.41) is 1.09. The number of nitrogens with zero attached hydrogens (tertiary/aromatic N) is 2. The van der Waals surface area contributed by atoms with Gasteiger partial charge in [0.25, 0.3) is 0 Å². The summed E-state index contributed by atoms with van der Waals surface area (Å²) in [5.41, 5.74) is 7.77. The number of rotatable bonds is 5.